The lowest BCUT2D eigenvalue weighted by Crippen LogP contribution is -2.39. The van der Waals surface area contributed by atoms with Gasteiger partial charge in [-0.1, -0.05) is 121 Å². The van der Waals surface area contributed by atoms with E-state index in [2.05, 4.69) is 17.0 Å². The number of aromatic nitrogens is 3. The van der Waals surface area contributed by atoms with Crippen LogP contribution in [0.5, 0.6) is 0 Å². The smallest absolute Gasteiger partial charge is 0.387 e. The minimum atomic E-state index is -4.68. The molecular formula is C41H66ClFN5O8P. The van der Waals surface area contributed by atoms with Crippen molar-refractivity contribution in [3.8, 4) is 0 Å². The van der Waals surface area contributed by atoms with Crippen LogP contribution in [0.25, 0.3) is 5.52 Å². The molecule has 0 amide bonds. The summed E-state index contributed by atoms with van der Waals surface area (Å²) in [7, 11) is -2.87. The van der Waals surface area contributed by atoms with E-state index in [-0.39, 0.29) is 24.1 Å². The Balaban J connectivity index is 1.19. The molecule has 0 bridgehead atoms. The number of aliphatic hydroxyl groups is 2. The van der Waals surface area contributed by atoms with Crippen molar-refractivity contribution < 1.29 is 42.6 Å². The lowest BCUT2D eigenvalue weighted by Gasteiger charge is -2.29. The summed E-state index contributed by atoms with van der Waals surface area (Å²) < 4.78 is 51.2. The number of anilines is 1. The highest BCUT2D eigenvalue weighted by Gasteiger charge is 2.54. The zero-order valence-electron chi connectivity index (χ0n) is 34.1. The number of halogens is 2. The van der Waals surface area contributed by atoms with Gasteiger partial charge in [0.05, 0.1) is 36.6 Å². The molecule has 0 aliphatic carbocycles. The summed E-state index contributed by atoms with van der Waals surface area (Å²) in [6.45, 7) is 4.14. The number of hydrogen-bond donors (Lipinski definition) is 4. The van der Waals surface area contributed by atoms with E-state index in [1.54, 1.807) is 32.2 Å². The molecule has 1 fully saturated rings. The molecule has 13 nitrogen and oxygen atoms in total. The van der Waals surface area contributed by atoms with Gasteiger partial charge >= 0.3 is 7.82 Å². The van der Waals surface area contributed by atoms with Crippen molar-refractivity contribution in [3.63, 3.8) is 0 Å². The highest BCUT2D eigenvalue weighted by molar-refractivity contribution is 7.47. The van der Waals surface area contributed by atoms with Crippen molar-refractivity contribution in [2.75, 3.05) is 39.2 Å². The minimum Gasteiger partial charge on any atom is -0.387 e. The summed E-state index contributed by atoms with van der Waals surface area (Å²) in [4.78, 5) is 16.5. The number of phosphoric ester groups is 1. The maximum atomic E-state index is 13.8. The van der Waals surface area contributed by atoms with Crippen LogP contribution in [0.15, 0.2) is 36.7 Å². The summed E-state index contributed by atoms with van der Waals surface area (Å²) in [6, 6.07) is 7.30. The fourth-order valence-electron chi connectivity index (χ4n) is 7.37. The number of aliphatic hydroxyl groups excluding tert-OH is 2. The van der Waals surface area contributed by atoms with Crippen molar-refractivity contribution >= 4 is 30.8 Å². The molecule has 5 N–H and O–H groups in total. The number of ether oxygens (including phenoxy) is 2. The van der Waals surface area contributed by atoms with Crippen molar-refractivity contribution in [1.82, 2.24) is 19.5 Å². The van der Waals surface area contributed by atoms with Gasteiger partial charge in [-0.3, -0.25) is 13.9 Å². The molecule has 6 atom stereocenters. The zero-order chi connectivity index (χ0) is 41.3. The van der Waals surface area contributed by atoms with Crippen LogP contribution in [0.4, 0.5) is 10.2 Å². The Hall–Kier alpha value is -2.23. The molecule has 1 unspecified atom stereocenters. The number of nitrogens with two attached hydrogens (primary N) is 1. The molecule has 1 aliphatic heterocycles. The molecule has 2 aromatic heterocycles. The monoisotopic (exact) mass is 841 g/mol. The number of hydrogen-bond acceptors (Lipinski definition) is 11. The molecule has 0 spiro atoms. The largest absolute Gasteiger partial charge is 0.472 e. The number of nitrogens with zero attached hydrogens (tertiary/aromatic N) is 4. The van der Waals surface area contributed by atoms with Gasteiger partial charge in [0.15, 0.2) is 5.82 Å². The SMILES string of the molecule is CCCCCCCCCCCCCCCCCCOC[C@H](COP(=O)(O)OC[C@H]1O[C@@](C)(c2ccc3c(N)ncnn23)[C@H](O)[C@@H]1O)N(C)Cc1ccc(F)c(Cl)c1. The van der Waals surface area contributed by atoms with Crippen LogP contribution in [0, 0.1) is 5.82 Å². The van der Waals surface area contributed by atoms with Gasteiger partial charge < -0.3 is 30.3 Å². The van der Waals surface area contributed by atoms with E-state index < -0.39 is 50.2 Å². The Morgan fingerprint density at radius 2 is 1.58 bits per heavy atom. The summed E-state index contributed by atoms with van der Waals surface area (Å²) in [5, 5.41) is 26.1. The molecule has 322 valence electrons. The lowest BCUT2D eigenvalue weighted by molar-refractivity contribution is -0.0891. The Morgan fingerprint density at radius 1 is 0.965 bits per heavy atom. The third-order valence-electron chi connectivity index (χ3n) is 11.0. The first-order valence-corrected chi connectivity index (χ1v) is 22.7. The van der Waals surface area contributed by atoms with Gasteiger partial charge in [0.25, 0.3) is 0 Å². The molecule has 3 heterocycles. The second-order valence-corrected chi connectivity index (χ2v) is 17.5. The molecule has 16 heteroatoms. The maximum absolute atomic E-state index is 13.8. The topological polar surface area (TPSA) is 174 Å². The van der Waals surface area contributed by atoms with E-state index in [1.165, 1.54) is 106 Å². The number of likely N-dealkylation sites (N-methyl/N-ethyl adjacent to an activating group) is 1. The van der Waals surface area contributed by atoms with E-state index in [0.29, 0.717) is 24.4 Å². The van der Waals surface area contributed by atoms with Crippen LogP contribution in [-0.4, -0.2) is 92.4 Å². The second-order valence-electron chi connectivity index (χ2n) is 15.6. The summed E-state index contributed by atoms with van der Waals surface area (Å²) in [5.41, 5.74) is 6.13. The molecule has 0 radical (unpaired) electrons. The number of unbranched alkanes of at least 4 members (excludes halogenated alkanes) is 15. The number of benzene rings is 1. The molecule has 57 heavy (non-hydrogen) atoms. The molecule has 0 saturated carbocycles. The molecule has 4 rings (SSSR count). The highest BCUT2D eigenvalue weighted by Crippen LogP contribution is 2.46. The van der Waals surface area contributed by atoms with Crippen molar-refractivity contribution in [3.05, 3.63) is 58.8 Å². The van der Waals surface area contributed by atoms with Gasteiger partial charge in [-0.2, -0.15) is 5.10 Å². The average Bonchev–Trinajstić information content (AvgIpc) is 3.72. The molecule has 1 aromatic carbocycles. The third kappa shape index (κ3) is 14.8. The summed E-state index contributed by atoms with van der Waals surface area (Å²) in [6.07, 6.45) is 17.7. The molecular weight excluding hydrogens is 776 g/mol. The predicted octanol–water partition coefficient (Wildman–Crippen LogP) is 8.35. The number of nitrogen functional groups attached to an aromatic ring is 1. The second kappa shape index (κ2) is 24.1. The van der Waals surface area contributed by atoms with Crippen LogP contribution in [0.3, 0.4) is 0 Å². The van der Waals surface area contributed by atoms with E-state index in [0.717, 1.165) is 24.8 Å². The highest BCUT2D eigenvalue weighted by atomic mass is 35.5. The van der Waals surface area contributed by atoms with Crippen LogP contribution < -0.4 is 5.73 Å². The number of rotatable bonds is 29. The van der Waals surface area contributed by atoms with Crippen LogP contribution in [0.1, 0.15) is 128 Å². The molecule has 3 aromatic rings. The Bertz CT molecular complexity index is 1670. The van der Waals surface area contributed by atoms with Crippen molar-refractivity contribution in [2.24, 2.45) is 0 Å². The van der Waals surface area contributed by atoms with Crippen LogP contribution in [-0.2, 0) is 35.2 Å². The predicted molar refractivity (Wildman–Crippen MR) is 220 cm³/mol. The first-order valence-electron chi connectivity index (χ1n) is 20.8. The maximum Gasteiger partial charge on any atom is 0.472 e. The van der Waals surface area contributed by atoms with Gasteiger partial charge in [-0.25, -0.2) is 18.5 Å². The first kappa shape index (κ1) is 47.4. The van der Waals surface area contributed by atoms with Gasteiger partial charge in [-0.05, 0) is 50.2 Å². The van der Waals surface area contributed by atoms with E-state index in [1.807, 2.05) is 4.90 Å². The first-order chi connectivity index (χ1) is 27.4. The Labute approximate surface area is 343 Å². The van der Waals surface area contributed by atoms with Gasteiger partial charge in [-0.15, -0.1) is 0 Å². The number of phosphoric acid groups is 1. The fourth-order valence-corrected chi connectivity index (χ4v) is 8.34. The summed E-state index contributed by atoms with van der Waals surface area (Å²) in [5.74, 6) is -0.296. The third-order valence-corrected chi connectivity index (χ3v) is 12.2. The fraction of sp³-hybridized carbons (Fsp3) is 0.707. The van der Waals surface area contributed by atoms with E-state index in [4.69, 9.17) is 35.9 Å². The van der Waals surface area contributed by atoms with Gasteiger partial charge in [0, 0.05) is 13.2 Å². The Kier molecular flexibility index (Phi) is 20.1. The molecule has 1 aliphatic rings. The normalized spacial score (nSPS) is 21.5. The minimum absolute atomic E-state index is 0.00167. The quantitative estimate of drug-likeness (QED) is 0.0389. The van der Waals surface area contributed by atoms with E-state index in [9.17, 15) is 24.1 Å². The zero-order valence-corrected chi connectivity index (χ0v) is 35.7. The van der Waals surface area contributed by atoms with Gasteiger partial charge in [0.1, 0.15) is 41.6 Å². The van der Waals surface area contributed by atoms with Crippen LogP contribution >= 0.6 is 19.4 Å². The average molecular weight is 842 g/mol. The standard InChI is InChI=1S/C41H66ClFN5O8P/c1-4-5-6-7-8-9-10-11-12-13-14-15-16-17-18-19-24-53-27-32(47(3)26-31-20-21-34(43)33(42)25-31)28-54-57(51,52)55-29-36-38(49)39(50)41(2,56-36)37-23-22-35-40(44)45-30-46-48(35)37/h20-23,25,30,32,36,38-39,49-50H,4-19,24,26-29H2,1-3H3,(H,51,52)(H2,44,45,46)/t32-,36-,38-,39-,41+/m1/s1. The van der Waals surface area contributed by atoms with Gasteiger partial charge in [0.2, 0.25) is 0 Å². The van der Waals surface area contributed by atoms with Crippen molar-refractivity contribution in [1.29, 1.82) is 0 Å². The van der Waals surface area contributed by atoms with Crippen molar-refractivity contribution in [2.45, 2.75) is 153 Å². The van der Waals surface area contributed by atoms with Crippen LogP contribution in [0.2, 0.25) is 5.02 Å². The van der Waals surface area contributed by atoms with E-state index >= 15 is 0 Å². The lowest BCUT2D eigenvalue weighted by atomic mass is 9.93. The summed E-state index contributed by atoms with van der Waals surface area (Å²) >= 11 is 6.02. The number of fused-ring (bicyclic) bond motifs is 1. The molecule has 1 saturated heterocycles. The Morgan fingerprint density at radius 3 is 2.19 bits per heavy atom.